The van der Waals surface area contributed by atoms with Crippen LogP contribution < -0.4 is 33.2 Å². The molecule has 0 amide bonds. The quantitative estimate of drug-likeness (QED) is 0.199. The Morgan fingerprint density at radius 2 is 1.00 bits per heavy atom. The van der Waals surface area contributed by atoms with E-state index in [0.29, 0.717) is 0 Å². The third-order valence-corrected chi connectivity index (χ3v) is 0.789. The lowest BCUT2D eigenvalue weighted by Crippen LogP contribution is -2.73. The van der Waals surface area contributed by atoms with Gasteiger partial charge in [0.15, 0.2) is 0 Å². The second-order valence-electron chi connectivity index (χ2n) is 1.53. The normalized spacial score (nSPS) is 39.8. The molecule has 6 heteroatoms. The van der Waals surface area contributed by atoms with Crippen LogP contribution in [-0.2, 0) is 0 Å². The fourth-order valence-corrected chi connectivity index (χ4v) is 0.431. The van der Waals surface area contributed by atoms with Gasteiger partial charge in [-0.05, 0) is 0 Å². The van der Waals surface area contributed by atoms with E-state index in [4.69, 9.17) is 11.5 Å². The molecule has 1 saturated heterocycles. The summed E-state index contributed by atoms with van der Waals surface area (Å²) in [7, 11) is 0. The number of rotatable bonds is 0. The second kappa shape index (κ2) is 2.35. The zero-order valence-electron chi connectivity index (χ0n) is 4.31. The molecule has 0 aromatic carbocycles. The molecule has 1 rings (SSSR count). The molecule has 1 fully saturated rings. The van der Waals surface area contributed by atoms with Crippen molar-refractivity contribution in [3.05, 3.63) is 0 Å². The minimum absolute atomic E-state index is 0.283. The zero-order chi connectivity index (χ0) is 5.98. The number of nitrogens with one attached hydrogen (secondary N) is 4. The monoisotopic (exact) mass is 118 g/mol. The highest BCUT2D eigenvalue weighted by Crippen LogP contribution is 1.65. The molecule has 0 bridgehead atoms. The van der Waals surface area contributed by atoms with Gasteiger partial charge in [-0.25, -0.2) is 21.7 Å². The standard InChI is InChI=1S/C2H10N6/c3-1-5-7-2(4)8-6-1/h1-2,5-8H,3-4H2. The topological polar surface area (TPSA) is 100 Å². The van der Waals surface area contributed by atoms with Crippen molar-refractivity contribution in [2.75, 3.05) is 0 Å². The van der Waals surface area contributed by atoms with E-state index in [1.165, 1.54) is 0 Å². The molecule has 1 aliphatic heterocycles. The number of hydrazine groups is 2. The second-order valence-corrected chi connectivity index (χ2v) is 1.53. The van der Waals surface area contributed by atoms with Crippen LogP contribution in [0, 0.1) is 0 Å². The van der Waals surface area contributed by atoms with E-state index in [1.54, 1.807) is 0 Å². The van der Waals surface area contributed by atoms with Gasteiger partial charge in [0.25, 0.3) is 0 Å². The molecule has 0 unspecified atom stereocenters. The summed E-state index contributed by atoms with van der Waals surface area (Å²) in [5, 5.41) is 0. The van der Waals surface area contributed by atoms with Crippen LogP contribution in [0.3, 0.4) is 0 Å². The lowest BCUT2D eigenvalue weighted by molar-refractivity contribution is 0.198. The summed E-state index contributed by atoms with van der Waals surface area (Å²) in [6.45, 7) is 0. The molecule has 6 nitrogen and oxygen atoms in total. The van der Waals surface area contributed by atoms with Crippen molar-refractivity contribution >= 4 is 0 Å². The molecule has 48 valence electrons. The van der Waals surface area contributed by atoms with Crippen LogP contribution in [0.4, 0.5) is 0 Å². The molecule has 0 radical (unpaired) electrons. The smallest absolute Gasteiger partial charge is 0.134 e. The molecule has 1 heterocycles. The Morgan fingerprint density at radius 1 is 0.750 bits per heavy atom. The maximum Gasteiger partial charge on any atom is 0.134 e. The highest BCUT2D eigenvalue weighted by molar-refractivity contribution is 4.59. The average Bonchev–Trinajstić information content (AvgIpc) is 1.77. The summed E-state index contributed by atoms with van der Waals surface area (Å²) in [5.74, 6) is 0. The zero-order valence-corrected chi connectivity index (χ0v) is 4.31. The third-order valence-electron chi connectivity index (χ3n) is 0.789. The fourth-order valence-electron chi connectivity index (χ4n) is 0.431. The summed E-state index contributed by atoms with van der Waals surface area (Å²) < 4.78 is 0. The first-order valence-corrected chi connectivity index (χ1v) is 2.32. The van der Waals surface area contributed by atoms with Gasteiger partial charge >= 0.3 is 0 Å². The maximum absolute atomic E-state index is 5.29. The molecule has 0 saturated carbocycles. The van der Waals surface area contributed by atoms with E-state index in [2.05, 4.69) is 21.7 Å². The first kappa shape index (κ1) is 5.89. The summed E-state index contributed by atoms with van der Waals surface area (Å²) >= 11 is 0. The first-order valence-electron chi connectivity index (χ1n) is 2.32. The lowest BCUT2D eigenvalue weighted by atomic mass is 10.8. The van der Waals surface area contributed by atoms with Crippen molar-refractivity contribution < 1.29 is 0 Å². The molecular formula is C2H10N6. The van der Waals surface area contributed by atoms with Gasteiger partial charge in [-0.2, -0.15) is 0 Å². The first-order chi connectivity index (χ1) is 3.79. The third kappa shape index (κ3) is 1.37. The number of hydrogen-bond acceptors (Lipinski definition) is 6. The lowest BCUT2D eigenvalue weighted by Gasteiger charge is -2.27. The minimum Gasteiger partial charge on any atom is -0.302 e. The van der Waals surface area contributed by atoms with E-state index in [9.17, 15) is 0 Å². The summed E-state index contributed by atoms with van der Waals surface area (Å²) in [6.07, 6.45) is -0.565. The highest BCUT2D eigenvalue weighted by atomic mass is 15.7. The Bertz CT molecular complexity index is 54.9. The van der Waals surface area contributed by atoms with Crippen molar-refractivity contribution in [2.45, 2.75) is 12.6 Å². The molecular weight excluding hydrogens is 108 g/mol. The Balaban J connectivity index is 2.19. The summed E-state index contributed by atoms with van der Waals surface area (Å²) in [4.78, 5) is 0. The Labute approximate surface area is 46.9 Å². The van der Waals surface area contributed by atoms with Crippen LogP contribution in [0.1, 0.15) is 0 Å². The van der Waals surface area contributed by atoms with Crippen molar-refractivity contribution in [3.8, 4) is 0 Å². The van der Waals surface area contributed by atoms with Gasteiger partial charge in [-0.1, -0.05) is 0 Å². The van der Waals surface area contributed by atoms with Gasteiger partial charge in [0.1, 0.15) is 12.6 Å². The van der Waals surface area contributed by atoms with Crippen LogP contribution in [0.5, 0.6) is 0 Å². The number of nitrogens with two attached hydrogens (primary N) is 2. The van der Waals surface area contributed by atoms with Crippen molar-refractivity contribution in [1.29, 1.82) is 0 Å². The van der Waals surface area contributed by atoms with Gasteiger partial charge in [-0.3, -0.25) is 0 Å². The molecule has 8 heavy (non-hydrogen) atoms. The molecule has 1 aliphatic rings. The van der Waals surface area contributed by atoms with Gasteiger partial charge in [0, 0.05) is 0 Å². The van der Waals surface area contributed by atoms with E-state index in [0.717, 1.165) is 0 Å². The van der Waals surface area contributed by atoms with E-state index < -0.39 is 0 Å². The maximum atomic E-state index is 5.29. The van der Waals surface area contributed by atoms with Gasteiger partial charge in [0.2, 0.25) is 0 Å². The molecule has 0 aromatic rings. The Kier molecular flexibility index (Phi) is 1.73. The van der Waals surface area contributed by atoms with Gasteiger partial charge in [-0.15, -0.1) is 0 Å². The summed E-state index contributed by atoms with van der Waals surface area (Å²) in [6, 6.07) is 0. The number of hydrogen-bond donors (Lipinski definition) is 6. The van der Waals surface area contributed by atoms with Crippen LogP contribution >= 0.6 is 0 Å². The van der Waals surface area contributed by atoms with Crippen molar-refractivity contribution in [1.82, 2.24) is 21.7 Å². The molecule has 0 aromatic heterocycles. The van der Waals surface area contributed by atoms with Crippen molar-refractivity contribution in [2.24, 2.45) is 11.5 Å². The predicted octanol–water partition coefficient (Wildman–Crippen LogP) is -3.33. The van der Waals surface area contributed by atoms with Crippen LogP contribution in [0.15, 0.2) is 0 Å². The van der Waals surface area contributed by atoms with Gasteiger partial charge < -0.3 is 11.5 Å². The summed E-state index contributed by atoms with van der Waals surface area (Å²) in [5.41, 5.74) is 21.2. The van der Waals surface area contributed by atoms with Gasteiger partial charge in [0.05, 0.1) is 0 Å². The Morgan fingerprint density at radius 3 is 1.25 bits per heavy atom. The molecule has 0 spiro atoms. The minimum atomic E-state index is -0.283. The van der Waals surface area contributed by atoms with E-state index >= 15 is 0 Å². The molecule has 0 aliphatic carbocycles. The van der Waals surface area contributed by atoms with Crippen LogP contribution in [-0.4, -0.2) is 12.6 Å². The van der Waals surface area contributed by atoms with E-state index in [1.807, 2.05) is 0 Å². The largest absolute Gasteiger partial charge is 0.302 e. The van der Waals surface area contributed by atoms with E-state index in [-0.39, 0.29) is 12.6 Å². The van der Waals surface area contributed by atoms with Crippen LogP contribution in [0.25, 0.3) is 0 Å². The van der Waals surface area contributed by atoms with Crippen molar-refractivity contribution in [3.63, 3.8) is 0 Å². The average molecular weight is 118 g/mol. The SMILES string of the molecule is NC1NNC(N)NN1. The highest BCUT2D eigenvalue weighted by Gasteiger charge is 2.09. The molecule has 0 atom stereocenters. The Hall–Kier alpha value is -0.240. The van der Waals surface area contributed by atoms with Crippen LogP contribution in [0.2, 0.25) is 0 Å². The predicted molar refractivity (Wildman–Crippen MR) is 28.5 cm³/mol. The molecule has 8 N–H and O–H groups in total. The fraction of sp³-hybridized carbons (Fsp3) is 1.00.